The van der Waals surface area contributed by atoms with Crippen LogP contribution in [0.3, 0.4) is 0 Å². The van der Waals surface area contributed by atoms with Crippen LogP contribution >= 0.6 is 23.2 Å². The van der Waals surface area contributed by atoms with E-state index in [9.17, 15) is 27.6 Å². The Labute approximate surface area is 212 Å². The first-order valence-electron chi connectivity index (χ1n) is 10.3. The summed E-state index contributed by atoms with van der Waals surface area (Å²) in [7, 11) is 0. The fraction of sp³-hybridized carbons (Fsp3) is 0.0800. The van der Waals surface area contributed by atoms with Crippen molar-refractivity contribution < 1.29 is 32.3 Å². The highest BCUT2D eigenvalue weighted by Gasteiger charge is 2.39. The van der Waals surface area contributed by atoms with Crippen molar-refractivity contribution in [1.82, 2.24) is 5.32 Å². The number of hydrogen-bond acceptors (Lipinski definition) is 4. The molecule has 184 valence electrons. The van der Waals surface area contributed by atoms with Crippen molar-refractivity contribution in [3.8, 4) is 5.75 Å². The van der Waals surface area contributed by atoms with Gasteiger partial charge >= 0.3 is 12.2 Å². The van der Waals surface area contributed by atoms with Crippen molar-refractivity contribution in [3.63, 3.8) is 0 Å². The van der Waals surface area contributed by atoms with E-state index in [1.165, 1.54) is 6.08 Å². The van der Waals surface area contributed by atoms with Crippen molar-refractivity contribution >= 4 is 52.8 Å². The Morgan fingerprint density at radius 1 is 0.944 bits per heavy atom. The molecule has 11 heteroatoms. The van der Waals surface area contributed by atoms with Crippen LogP contribution in [-0.2, 0) is 22.4 Å². The van der Waals surface area contributed by atoms with Crippen LogP contribution in [0.25, 0.3) is 6.08 Å². The predicted molar refractivity (Wildman–Crippen MR) is 128 cm³/mol. The molecule has 0 unspecified atom stereocenters. The number of urea groups is 1. The van der Waals surface area contributed by atoms with E-state index in [2.05, 4.69) is 0 Å². The van der Waals surface area contributed by atoms with Crippen molar-refractivity contribution in [2.45, 2.75) is 12.8 Å². The molecule has 0 bridgehead atoms. The summed E-state index contributed by atoms with van der Waals surface area (Å²) in [5, 5.41) is 2.26. The normalized spacial score (nSPS) is 15.3. The molecule has 1 aliphatic rings. The molecule has 4 amide bonds. The zero-order valence-corrected chi connectivity index (χ0v) is 19.6. The number of rotatable bonds is 5. The Morgan fingerprint density at radius 3 is 2.36 bits per heavy atom. The maximum Gasteiger partial charge on any atom is 0.416 e. The van der Waals surface area contributed by atoms with Crippen LogP contribution < -0.4 is 15.0 Å². The molecule has 0 atom stereocenters. The first-order valence-corrected chi connectivity index (χ1v) is 11.0. The number of ether oxygens (including phenoxy) is 1. The highest BCUT2D eigenvalue weighted by Crippen LogP contribution is 2.36. The highest BCUT2D eigenvalue weighted by molar-refractivity contribution is 6.42. The van der Waals surface area contributed by atoms with Crippen LogP contribution in [0, 0.1) is 0 Å². The molecule has 4 rings (SSSR count). The van der Waals surface area contributed by atoms with E-state index in [1.54, 1.807) is 48.5 Å². The number of alkyl halides is 3. The van der Waals surface area contributed by atoms with Crippen LogP contribution in [-0.4, -0.2) is 17.8 Å². The Hall–Kier alpha value is -3.82. The number of nitrogens with one attached hydrogen (secondary N) is 1. The number of carbonyl (C=O) groups excluding carboxylic acids is 3. The van der Waals surface area contributed by atoms with E-state index in [0.717, 1.165) is 17.7 Å². The Balaban J connectivity index is 1.62. The summed E-state index contributed by atoms with van der Waals surface area (Å²) in [5.41, 5.74) is -0.857. The van der Waals surface area contributed by atoms with Crippen molar-refractivity contribution in [2.75, 3.05) is 4.90 Å². The Kier molecular flexibility index (Phi) is 7.05. The third-order valence-corrected chi connectivity index (χ3v) is 5.68. The van der Waals surface area contributed by atoms with Crippen LogP contribution in [0.1, 0.15) is 16.7 Å². The fourth-order valence-corrected chi connectivity index (χ4v) is 3.67. The van der Waals surface area contributed by atoms with Crippen molar-refractivity contribution in [3.05, 3.63) is 99.0 Å². The van der Waals surface area contributed by atoms with Gasteiger partial charge in [0.2, 0.25) is 0 Å². The van der Waals surface area contributed by atoms with Crippen molar-refractivity contribution in [2.24, 2.45) is 0 Å². The minimum absolute atomic E-state index is 0.229. The average Bonchev–Trinajstić information content (AvgIpc) is 2.82. The van der Waals surface area contributed by atoms with Gasteiger partial charge in [-0.25, -0.2) is 9.69 Å². The van der Waals surface area contributed by atoms with Crippen LogP contribution in [0.5, 0.6) is 5.75 Å². The van der Waals surface area contributed by atoms with Crippen molar-refractivity contribution in [1.29, 1.82) is 0 Å². The summed E-state index contributed by atoms with van der Waals surface area (Å²) in [6, 6.07) is 14.4. The number of hydrogen-bond donors (Lipinski definition) is 1. The second kappa shape index (κ2) is 10.0. The molecule has 0 saturated carbocycles. The van der Waals surface area contributed by atoms with Gasteiger partial charge in [0.25, 0.3) is 11.8 Å². The molecular weight excluding hydrogens is 520 g/mol. The molecule has 36 heavy (non-hydrogen) atoms. The summed E-state index contributed by atoms with van der Waals surface area (Å²) in [6.45, 7) is 0.229. The second-order valence-corrected chi connectivity index (χ2v) is 8.45. The second-order valence-electron chi connectivity index (χ2n) is 7.61. The largest absolute Gasteiger partial charge is 0.489 e. The molecule has 1 fully saturated rings. The van der Waals surface area contributed by atoms with Gasteiger partial charge in [-0.05, 0) is 59.7 Å². The monoisotopic (exact) mass is 534 g/mol. The van der Waals surface area contributed by atoms with Gasteiger partial charge in [-0.3, -0.25) is 14.9 Å². The Bertz CT molecular complexity index is 1390. The third-order valence-electron chi connectivity index (χ3n) is 5.10. The quantitative estimate of drug-likeness (QED) is 0.309. The van der Waals surface area contributed by atoms with Gasteiger partial charge in [0, 0.05) is 5.02 Å². The lowest BCUT2D eigenvalue weighted by Gasteiger charge is -2.27. The Morgan fingerprint density at radius 2 is 1.67 bits per heavy atom. The summed E-state index contributed by atoms with van der Waals surface area (Å²) in [6.07, 6.45) is -3.54. The van der Waals surface area contributed by atoms with Crippen LogP contribution in [0.15, 0.2) is 72.3 Å². The van der Waals surface area contributed by atoms with Gasteiger partial charge in [0.1, 0.15) is 17.9 Å². The number of halogens is 5. The standard InChI is InChI=1S/C25H15Cl2F3N2O4/c26-17-7-4-14(5-8-17)13-36-18-3-1-2-15(10-18)11-19-22(33)31-24(35)32(23(19)34)21-12-16(25(28,29)30)6-9-20(21)27/h1-12H,13H2,(H,31,33,35)/b19-11+. The molecule has 3 aromatic carbocycles. The summed E-state index contributed by atoms with van der Waals surface area (Å²) >= 11 is 11.9. The van der Waals surface area contributed by atoms with Gasteiger partial charge in [-0.1, -0.05) is 47.5 Å². The predicted octanol–water partition coefficient (Wildman–Crippen LogP) is 6.26. The molecular formula is C25H15Cl2F3N2O4. The smallest absolute Gasteiger partial charge is 0.416 e. The van der Waals surface area contributed by atoms with E-state index < -0.39 is 40.8 Å². The minimum Gasteiger partial charge on any atom is -0.489 e. The number of barbiturate groups is 1. The maximum atomic E-state index is 13.2. The fourth-order valence-electron chi connectivity index (χ4n) is 3.34. The van der Waals surface area contributed by atoms with Gasteiger partial charge in [-0.15, -0.1) is 0 Å². The molecule has 1 heterocycles. The van der Waals surface area contributed by atoms with E-state index in [4.69, 9.17) is 27.9 Å². The zero-order valence-electron chi connectivity index (χ0n) is 18.1. The average molecular weight is 535 g/mol. The summed E-state index contributed by atoms with van der Waals surface area (Å²) in [4.78, 5) is 38.3. The molecule has 1 aliphatic heterocycles. The lowest BCUT2D eigenvalue weighted by molar-refractivity contribution is -0.137. The number of amides is 4. The van der Waals surface area contributed by atoms with E-state index in [-0.39, 0.29) is 11.6 Å². The SMILES string of the molecule is O=C1NC(=O)N(c2cc(C(F)(F)F)ccc2Cl)C(=O)/C1=C/c1cccc(OCc2ccc(Cl)cc2)c1. The van der Waals surface area contributed by atoms with Crippen LogP contribution in [0.4, 0.5) is 23.7 Å². The van der Waals surface area contributed by atoms with Gasteiger partial charge in [0.05, 0.1) is 16.3 Å². The molecule has 1 N–H and O–H groups in total. The summed E-state index contributed by atoms with van der Waals surface area (Å²) in [5.74, 6) is -1.70. The topological polar surface area (TPSA) is 75.7 Å². The number of nitrogens with zero attached hydrogens (tertiary/aromatic N) is 1. The van der Waals surface area contributed by atoms with Gasteiger partial charge < -0.3 is 4.74 Å². The number of carbonyl (C=O) groups is 3. The van der Waals surface area contributed by atoms with Crippen LogP contribution in [0.2, 0.25) is 10.0 Å². The first-order chi connectivity index (χ1) is 17.0. The lowest BCUT2D eigenvalue weighted by Crippen LogP contribution is -2.54. The van der Waals surface area contributed by atoms with Gasteiger partial charge in [-0.2, -0.15) is 13.2 Å². The number of imide groups is 2. The van der Waals surface area contributed by atoms with E-state index in [0.29, 0.717) is 27.3 Å². The molecule has 0 spiro atoms. The van der Waals surface area contributed by atoms with E-state index in [1.807, 2.05) is 5.32 Å². The molecule has 0 aliphatic carbocycles. The zero-order chi connectivity index (χ0) is 26.0. The third kappa shape index (κ3) is 5.53. The maximum absolute atomic E-state index is 13.2. The molecule has 0 aromatic heterocycles. The summed E-state index contributed by atoms with van der Waals surface area (Å²) < 4.78 is 45.3. The lowest BCUT2D eigenvalue weighted by atomic mass is 10.1. The number of benzene rings is 3. The molecule has 6 nitrogen and oxygen atoms in total. The van der Waals surface area contributed by atoms with Gasteiger partial charge in [0.15, 0.2) is 0 Å². The molecule has 1 saturated heterocycles. The molecule has 3 aromatic rings. The minimum atomic E-state index is -4.74. The van der Waals surface area contributed by atoms with E-state index >= 15 is 0 Å². The number of anilines is 1. The first kappa shape index (κ1) is 25.3. The molecule has 0 radical (unpaired) electrons. The highest BCUT2D eigenvalue weighted by atomic mass is 35.5.